The Kier molecular flexibility index (Phi) is 7.49. The fourth-order valence-electron chi connectivity index (χ4n) is 2.38. The molecule has 0 saturated heterocycles. The number of anilines is 1. The molecule has 0 radical (unpaired) electrons. The smallest absolute Gasteiger partial charge is 0.339 e. The van der Waals surface area contributed by atoms with E-state index < -0.39 is 12.1 Å². The van der Waals surface area contributed by atoms with Crippen LogP contribution in [0.1, 0.15) is 30.6 Å². The van der Waals surface area contributed by atoms with Gasteiger partial charge in [-0.25, -0.2) is 4.79 Å². The second-order valence-corrected chi connectivity index (χ2v) is 5.98. The molecule has 7 heteroatoms. The van der Waals surface area contributed by atoms with E-state index in [1.165, 1.54) is 19.2 Å². The van der Waals surface area contributed by atoms with Gasteiger partial charge in [-0.2, -0.15) is 0 Å². The Bertz CT molecular complexity index is 809. The Morgan fingerprint density at radius 2 is 1.81 bits per heavy atom. The highest BCUT2D eigenvalue weighted by molar-refractivity contribution is 6.34. The first-order valence-corrected chi connectivity index (χ1v) is 8.95. The number of benzene rings is 2. The Balaban J connectivity index is 2.10. The first-order valence-electron chi connectivity index (χ1n) is 8.57. The third-order valence-corrected chi connectivity index (χ3v) is 4.05. The number of para-hydroxylation sites is 2. The van der Waals surface area contributed by atoms with Crippen molar-refractivity contribution in [2.75, 3.05) is 19.0 Å². The van der Waals surface area contributed by atoms with Crippen molar-refractivity contribution in [2.45, 2.75) is 26.4 Å². The maximum Gasteiger partial charge on any atom is 0.339 e. The Morgan fingerprint density at radius 1 is 1.11 bits per heavy atom. The first kappa shape index (κ1) is 20.6. The van der Waals surface area contributed by atoms with E-state index in [0.717, 1.165) is 0 Å². The molecular formula is C20H22ClNO5. The summed E-state index contributed by atoms with van der Waals surface area (Å²) in [6.45, 7) is 3.82. The maximum absolute atomic E-state index is 12.6. The lowest BCUT2D eigenvalue weighted by Crippen LogP contribution is -2.32. The van der Waals surface area contributed by atoms with Crippen LogP contribution in [0, 0.1) is 0 Å². The largest absolute Gasteiger partial charge is 0.493 e. The van der Waals surface area contributed by atoms with Gasteiger partial charge in [-0.3, -0.25) is 4.79 Å². The van der Waals surface area contributed by atoms with Gasteiger partial charge in [0.2, 0.25) is 0 Å². The van der Waals surface area contributed by atoms with Crippen LogP contribution >= 0.6 is 11.6 Å². The van der Waals surface area contributed by atoms with Crippen LogP contribution in [0.4, 0.5) is 5.69 Å². The van der Waals surface area contributed by atoms with Gasteiger partial charge in [0.15, 0.2) is 17.6 Å². The molecule has 144 valence electrons. The normalized spacial score (nSPS) is 11.4. The van der Waals surface area contributed by atoms with Crippen molar-refractivity contribution >= 4 is 29.2 Å². The standard InChI is InChI=1S/C20H22ClNO5/c1-4-16(27-18-9-7-6-8-17(18)25-3)19(23)22-13-10-11-14(15(21)12-13)20(24)26-5-2/h6-12,16H,4-5H2,1-3H3,(H,22,23)/t16-/m0/s1. The summed E-state index contributed by atoms with van der Waals surface area (Å²) >= 11 is 6.13. The average Bonchev–Trinajstić information content (AvgIpc) is 2.66. The van der Waals surface area contributed by atoms with Crippen molar-refractivity contribution in [2.24, 2.45) is 0 Å². The molecule has 0 spiro atoms. The van der Waals surface area contributed by atoms with Crippen molar-refractivity contribution in [3.8, 4) is 11.5 Å². The van der Waals surface area contributed by atoms with E-state index in [-0.39, 0.29) is 23.1 Å². The summed E-state index contributed by atoms with van der Waals surface area (Å²) in [5.41, 5.74) is 0.703. The molecule has 1 amide bonds. The third kappa shape index (κ3) is 5.37. The van der Waals surface area contributed by atoms with E-state index in [4.69, 9.17) is 25.8 Å². The number of rotatable bonds is 8. The molecule has 0 aliphatic heterocycles. The molecule has 0 aliphatic rings. The van der Waals surface area contributed by atoms with Gasteiger partial charge in [0.1, 0.15) is 0 Å². The van der Waals surface area contributed by atoms with E-state index in [0.29, 0.717) is 23.6 Å². The molecule has 0 saturated carbocycles. The van der Waals surface area contributed by atoms with Crippen LogP contribution < -0.4 is 14.8 Å². The van der Waals surface area contributed by atoms with Crippen LogP contribution in [-0.4, -0.2) is 31.7 Å². The van der Waals surface area contributed by atoms with Gasteiger partial charge in [0.05, 0.1) is 24.3 Å². The molecule has 1 N–H and O–H groups in total. The quantitative estimate of drug-likeness (QED) is 0.678. The number of hydrogen-bond acceptors (Lipinski definition) is 5. The summed E-state index contributed by atoms with van der Waals surface area (Å²) in [5, 5.41) is 2.95. The molecule has 6 nitrogen and oxygen atoms in total. The minimum Gasteiger partial charge on any atom is -0.493 e. The molecule has 0 aliphatic carbocycles. The number of amides is 1. The SMILES string of the molecule is CCOC(=O)c1ccc(NC(=O)[C@H](CC)Oc2ccccc2OC)cc1Cl. The van der Waals surface area contributed by atoms with Gasteiger partial charge in [0.25, 0.3) is 5.91 Å². The number of esters is 1. The summed E-state index contributed by atoms with van der Waals surface area (Å²) in [4.78, 5) is 24.4. The number of nitrogens with one attached hydrogen (secondary N) is 1. The summed E-state index contributed by atoms with van der Waals surface area (Å²) in [5.74, 6) is 0.193. The molecule has 0 aromatic heterocycles. The van der Waals surface area contributed by atoms with E-state index in [2.05, 4.69) is 5.32 Å². The van der Waals surface area contributed by atoms with Crippen LogP contribution in [0.15, 0.2) is 42.5 Å². The van der Waals surface area contributed by atoms with Crippen LogP contribution in [0.5, 0.6) is 11.5 Å². The molecule has 2 aromatic carbocycles. The highest BCUT2D eigenvalue weighted by Gasteiger charge is 2.21. The Hall–Kier alpha value is -2.73. The second-order valence-electron chi connectivity index (χ2n) is 5.57. The van der Waals surface area contributed by atoms with Crippen LogP contribution in [0.3, 0.4) is 0 Å². The molecule has 0 fully saturated rings. The van der Waals surface area contributed by atoms with Crippen LogP contribution in [0.25, 0.3) is 0 Å². The zero-order chi connectivity index (χ0) is 19.8. The number of hydrogen-bond donors (Lipinski definition) is 1. The molecule has 0 bridgehead atoms. The predicted molar refractivity (Wildman–Crippen MR) is 104 cm³/mol. The highest BCUT2D eigenvalue weighted by Crippen LogP contribution is 2.28. The minimum atomic E-state index is -0.718. The summed E-state index contributed by atoms with van der Waals surface area (Å²) in [6, 6.07) is 11.7. The van der Waals surface area contributed by atoms with Gasteiger partial charge >= 0.3 is 5.97 Å². The zero-order valence-corrected chi connectivity index (χ0v) is 16.2. The number of ether oxygens (including phenoxy) is 3. The number of methoxy groups -OCH3 is 1. The highest BCUT2D eigenvalue weighted by atomic mass is 35.5. The van der Waals surface area contributed by atoms with Crippen molar-refractivity contribution in [3.63, 3.8) is 0 Å². The van der Waals surface area contributed by atoms with E-state index in [1.54, 1.807) is 31.2 Å². The van der Waals surface area contributed by atoms with E-state index in [1.807, 2.05) is 13.0 Å². The van der Waals surface area contributed by atoms with E-state index >= 15 is 0 Å². The predicted octanol–water partition coefficient (Wildman–Crippen LogP) is 4.32. The van der Waals surface area contributed by atoms with Crippen molar-refractivity contribution in [1.82, 2.24) is 0 Å². The van der Waals surface area contributed by atoms with Crippen molar-refractivity contribution in [3.05, 3.63) is 53.1 Å². The van der Waals surface area contributed by atoms with Crippen molar-refractivity contribution in [1.29, 1.82) is 0 Å². The first-order chi connectivity index (χ1) is 13.0. The zero-order valence-electron chi connectivity index (χ0n) is 15.5. The van der Waals surface area contributed by atoms with Gasteiger partial charge in [-0.1, -0.05) is 30.7 Å². The molecule has 2 rings (SSSR count). The third-order valence-electron chi connectivity index (χ3n) is 3.73. The summed E-state index contributed by atoms with van der Waals surface area (Å²) < 4.78 is 16.0. The average molecular weight is 392 g/mol. The van der Waals surface area contributed by atoms with E-state index in [9.17, 15) is 9.59 Å². The molecular weight excluding hydrogens is 370 g/mol. The number of carbonyl (C=O) groups is 2. The summed E-state index contributed by atoms with van der Waals surface area (Å²) in [7, 11) is 1.54. The molecule has 1 atom stereocenters. The molecule has 27 heavy (non-hydrogen) atoms. The van der Waals surface area contributed by atoms with Gasteiger partial charge in [-0.15, -0.1) is 0 Å². The lowest BCUT2D eigenvalue weighted by atomic mass is 10.2. The van der Waals surface area contributed by atoms with Crippen LogP contribution in [-0.2, 0) is 9.53 Å². The second kappa shape index (κ2) is 9.83. The Labute approximate surface area is 163 Å². The molecule has 0 unspecified atom stereocenters. The number of carbonyl (C=O) groups excluding carboxylic acids is 2. The fourth-order valence-corrected chi connectivity index (χ4v) is 2.64. The minimum absolute atomic E-state index is 0.199. The maximum atomic E-state index is 12.6. The fraction of sp³-hybridized carbons (Fsp3) is 0.300. The lowest BCUT2D eigenvalue weighted by Gasteiger charge is -2.19. The molecule has 0 heterocycles. The van der Waals surface area contributed by atoms with Crippen LogP contribution in [0.2, 0.25) is 5.02 Å². The lowest BCUT2D eigenvalue weighted by molar-refractivity contribution is -0.122. The Morgan fingerprint density at radius 3 is 2.41 bits per heavy atom. The monoisotopic (exact) mass is 391 g/mol. The number of halogens is 1. The van der Waals surface area contributed by atoms with Crippen molar-refractivity contribution < 1.29 is 23.8 Å². The van der Waals surface area contributed by atoms with Gasteiger partial charge < -0.3 is 19.5 Å². The topological polar surface area (TPSA) is 73.9 Å². The molecule has 2 aromatic rings. The van der Waals surface area contributed by atoms with Gasteiger partial charge in [0, 0.05) is 5.69 Å². The van der Waals surface area contributed by atoms with Gasteiger partial charge in [-0.05, 0) is 43.7 Å². The summed E-state index contributed by atoms with van der Waals surface area (Å²) in [6.07, 6.45) is -0.261.